The van der Waals surface area contributed by atoms with E-state index in [4.69, 9.17) is 10.00 Å². The molecule has 0 bridgehead atoms. The molecule has 21 heavy (non-hydrogen) atoms. The average molecular weight is 280 g/mol. The van der Waals surface area contributed by atoms with Gasteiger partial charge in [-0.15, -0.1) is 0 Å². The molecule has 0 fully saturated rings. The van der Waals surface area contributed by atoms with Crippen molar-refractivity contribution in [1.29, 1.82) is 5.26 Å². The van der Waals surface area contributed by atoms with Crippen LogP contribution < -0.4 is 10.1 Å². The van der Waals surface area contributed by atoms with Crippen LogP contribution in [-0.2, 0) is 0 Å². The maximum absolute atomic E-state index is 12.1. The summed E-state index contributed by atoms with van der Waals surface area (Å²) in [5, 5.41) is 11.6. The Kier molecular flexibility index (Phi) is 4.94. The predicted molar refractivity (Wildman–Crippen MR) is 81.3 cm³/mol. The molecule has 2 rings (SSSR count). The molecule has 2 aromatic rings. The van der Waals surface area contributed by atoms with Crippen LogP contribution in [0.5, 0.6) is 5.75 Å². The van der Waals surface area contributed by atoms with Gasteiger partial charge in [-0.3, -0.25) is 4.79 Å². The Bertz CT molecular complexity index is 657. The van der Waals surface area contributed by atoms with E-state index in [0.29, 0.717) is 23.4 Å². The van der Waals surface area contributed by atoms with Crippen LogP contribution in [-0.4, -0.2) is 12.5 Å². The smallest absolute Gasteiger partial charge is 0.255 e. The predicted octanol–water partition coefficient (Wildman–Crippen LogP) is 3.60. The summed E-state index contributed by atoms with van der Waals surface area (Å²) in [6.07, 6.45) is 0.952. The zero-order valence-electron chi connectivity index (χ0n) is 11.8. The van der Waals surface area contributed by atoms with Crippen molar-refractivity contribution in [2.45, 2.75) is 13.3 Å². The molecule has 0 saturated heterocycles. The number of nitrogens with one attached hydrogen (secondary N) is 1. The van der Waals surface area contributed by atoms with Crippen LogP contribution in [0.15, 0.2) is 48.5 Å². The number of anilines is 1. The third-order valence-electron chi connectivity index (χ3n) is 2.84. The number of benzene rings is 2. The van der Waals surface area contributed by atoms with E-state index in [-0.39, 0.29) is 5.91 Å². The van der Waals surface area contributed by atoms with Crippen molar-refractivity contribution in [2.24, 2.45) is 0 Å². The molecule has 0 aliphatic rings. The van der Waals surface area contributed by atoms with Crippen molar-refractivity contribution in [3.05, 3.63) is 59.7 Å². The SMILES string of the molecule is CCCOc1ccc(NC(=O)c2cccc(C#N)c2)cc1. The van der Waals surface area contributed by atoms with Gasteiger partial charge in [0.05, 0.1) is 18.2 Å². The van der Waals surface area contributed by atoms with Crippen LogP contribution in [0.2, 0.25) is 0 Å². The highest BCUT2D eigenvalue weighted by atomic mass is 16.5. The number of ether oxygens (including phenoxy) is 1. The van der Waals surface area contributed by atoms with Crippen molar-refractivity contribution in [1.82, 2.24) is 0 Å². The molecule has 0 heterocycles. The van der Waals surface area contributed by atoms with E-state index in [9.17, 15) is 4.79 Å². The van der Waals surface area contributed by atoms with Crippen LogP contribution in [0.3, 0.4) is 0 Å². The van der Waals surface area contributed by atoms with Gasteiger partial charge in [-0.05, 0) is 48.9 Å². The zero-order chi connectivity index (χ0) is 15.1. The van der Waals surface area contributed by atoms with E-state index in [0.717, 1.165) is 12.2 Å². The second-order valence-corrected chi connectivity index (χ2v) is 4.52. The molecule has 1 amide bonds. The number of carbonyl (C=O) groups excluding carboxylic acids is 1. The standard InChI is InChI=1S/C17H16N2O2/c1-2-10-21-16-8-6-15(7-9-16)19-17(20)14-5-3-4-13(11-14)12-18/h3-9,11H,2,10H2,1H3,(H,19,20). The summed E-state index contributed by atoms with van der Waals surface area (Å²) in [5.74, 6) is 0.538. The highest BCUT2D eigenvalue weighted by Crippen LogP contribution is 2.17. The third kappa shape index (κ3) is 4.08. The molecule has 0 aromatic heterocycles. The fourth-order valence-electron chi connectivity index (χ4n) is 1.79. The van der Waals surface area contributed by atoms with Crippen LogP contribution >= 0.6 is 0 Å². The van der Waals surface area contributed by atoms with Crippen molar-refractivity contribution in [3.63, 3.8) is 0 Å². The van der Waals surface area contributed by atoms with Gasteiger partial charge >= 0.3 is 0 Å². The van der Waals surface area contributed by atoms with Crippen LogP contribution in [0.25, 0.3) is 0 Å². The number of hydrogen-bond donors (Lipinski definition) is 1. The van der Waals surface area contributed by atoms with Gasteiger partial charge in [0.25, 0.3) is 5.91 Å². The molecule has 0 unspecified atom stereocenters. The Morgan fingerprint density at radius 2 is 2.00 bits per heavy atom. The van der Waals surface area contributed by atoms with Gasteiger partial charge in [-0.25, -0.2) is 0 Å². The molecule has 4 nitrogen and oxygen atoms in total. The Balaban J connectivity index is 2.03. The minimum Gasteiger partial charge on any atom is -0.494 e. The zero-order valence-corrected chi connectivity index (χ0v) is 11.8. The van der Waals surface area contributed by atoms with Gasteiger partial charge in [0.2, 0.25) is 0 Å². The maximum Gasteiger partial charge on any atom is 0.255 e. The van der Waals surface area contributed by atoms with Crippen molar-refractivity contribution in [2.75, 3.05) is 11.9 Å². The molecule has 0 saturated carbocycles. The summed E-state index contributed by atoms with van der Waals surface area (Å²) in [5.41, 5.74) is 1.61. The minimum absolute atomic E-state index is 0.241. The Morgan fingerprint density at radius 3 is 2.67 bits per heavy atom. The first-order valence-corrected chi connectivity index (χ1v) is 6.77. The van der Waals surface area contributed by atoms with Crippen molar-refractivity contribution < 1.29 is 9.53 Å². The summed E-state index contributed by atoms with van der Waals surface area (Å²) in [4.78, 5) is 12.1. The Labute approximate surface area is 124 Å². The lowest BCUT2D eigenvalue weighted by Crippen LogP contribution is -2.11. The number of nitrogens with zero attached hydrogens (tertiary/aromatic N) is 1. The van der Waals surface area contributed by atoms with E-state index < -0.39 is 0 Å². The third-order valence-corrected chi connectivity index (χ3v) is 2.84. The highest BCUT2D eigenvalue weighted by molar-refractivity contribution is 6.04. The molecule has 1 N–H and O–H groups in total. The normalized spacial score (nSPS) is 9.71. The van der Waals surface area contributed by atoms with Crippen LogP contribution in [0.4, 0.5) is 5.69 Å². The number of carbonyl (C=O) groups is 1. The first-order valence-electron chi connectivity index (χ1n) is 6.77. The maximum atomic E-state index is 12.1. The second-order valence-electron chi connectivity index (χ2n) is 4.52. The van der Waals surface area contributed by atoms with Gasteiger partial charge < -0.3 is 10.1 Å². The van der Waals surface area contributed by atoms with E-state index >= 15 is 0 Å². The van der Waals surface area contributed by atoms with Crippen LogP contribution in [0, 0.1) is 11.3 Å². The molecule has 2 aromatic carbocycles. The molecule has 0 radical (unpaired) electrons. The van der Waals surface area contributed by atoms with Gasteiger partial charge in [-0.1, -0.05) is 13.0 Å². The minimum atomic E-state index is -0.241. The lowest BCUT2D eigenvalue weighted by Gasteiger charge is -2.08. The Morgan fingerprint density at radius 1 is 1.24 bits per heavy atom. The summed E-state index contributed by atoms with van der Waals surface area (Å²) in [6, 6.07) is 15.8. The number of amides is 1. The van der Waals surface area contributed by atoms with Gasteiger partial charge in [0, 0.05) is 11.3 Å². The van der Waals surface area contributed by atoms with E-state index in [2.05, 4.69) is 5.32 Å². The molecule has 0 atom stereocenters. The molecule has 0 aliphatic carbocycles. The summed E-state index contributed by atoms with van der Waals surface area (Å²) in [6.45, 7) is 2.72. The summed E-state index contributed by atoms with van der Waals surface area (Å²) in [7, 11) is 0. The molecule has 106 valence electrons. The lowest BCUT2D eigenvalue weighted by atomic mass is 10.1. The second kappa shape index (κ2) is 7.11. The largest absolute Gasteiger partial charge is 0.494 e. The van der Waals surface area contributed by atoms with Crippen molar-refractivity contribution in [3.8, 4) is 11.8 Å². The van der Waals surface area contributed by atoms with Gasteiger partial charge in [-0.2, -0.15) is 5.26 Å². The van der Waals surface area contributed by atoms with Gasteiger partial charge in [0.15, 0.2) is 0 Å². The Hall–Kier alpha value is -2.80. The lowest BCUT2D eigenvalue weighted by molar-refractivity contribution is 0.102. The van der Waals surface area contributed by atoms with E-state index in [1.807, 2.05) is 25.1 Å². The van der Waals surface area contributed by atoms with Crippen molar-refractivity contribution >= 4 is 11.6 Å². The summed E-state index contributed by atoms with van der Waals surface area (Å²) < 4.78 is 5.48. The van der Waals surface area contributed by atoms with E-state index in [1.54, 1.807) is 36.4 Å². The molecular weight excluding hydrogens is 264 g/mol. The quantitative estimate of drug-likeness (QED) is 0.910. The fourth-order valence-corrected chi connectivity index (χ4v) is 1.79. The molecular formula is C17H16N2O2. The fraction of sp³-hybridized carbons (Fsp3) is 0.176. The first-order chi connectivity index (χ1) is 10.2. The topological polar surface area (TPSA) is 62.1 Å². The first kappa shape index (κ1) is 14.6. The number of rotatable bonds is 5. The summed E-state index contributed by atoms with van der Waals surface area (Å²) >= 11 is 0. The highest BCUT2D eigenvalue weighted by Gasteiger charge is 2.06. The number of hydrogen-bond acceptors (Lipinski definition) is 3. The van der Waals surface area contributed by atoms with Crippen LogP contribution in [0.1, 0.15) is 29.3 Å². The number of nitriles is 1. The average Bonchev–Trinajstić information content (AvgIpc) is 2.54. The molecule has 4 heteroatoms. The molecule has 0 aliphatic heterocycles. The monoisotopic (exact) mass is 280 g/mol. The molecule has 0 spiro atoms. The van der Waals surface area contributed by atoms with E-state index in [1.165, 1.54) is 0 Å². The van der Waals surface area contributed by atoms with Gasteiger partial charge in [0.1, 0.15) is 5.75 Å².